The van der Waals surface area contributed by atoms with Crippen molar-refractivity contribution in [3.05, 3.63) is 54.4 Å². The second-order valence-electron chi connectivity index (χ2n) is 5.11. The van der Waals surface area contributed by atoms with Gasteiger partial charge in [-0.1, -0.05) is 36.4 Å². The number of aryl methyl sites for hydroxylation is 2. The highest BCUT2D eigenvalue weighted by molar-refractivity contribution is 7.85. The van der Waals surface area contributed by atoms with E-state index in [0.717, 1.165) is 16.6 Å². The summed E-state index contributed by atoms with van der Waals surface area (Å²) in [6.45, 7) is 1.92. The average Bonchev–Trinajstić information content (AvgIpc) is 2.80. The van der Waals surface area contributed by atoms with E-state index in [0.29, 0.717) is 11.5 Å². The highest BCUT2D eigenvalue weighted by atomic mass is 32.2. The molecule has 6 heteroatoms. The minimum absolute atomic E-state index is 0.149. The van der Waals surface area contributed by atoms with Crippen LogP contribution >= 0.6 is 0 Å². The lowest BCUT2D eigenvalue weighted by atomic mass is 10.1. The van der Waals surface area contributed by atoms with Crippen molar-refractivity contribution in [1.82, 2.24) is 0 Å². The van der Waals surface area contributed by atoms with Crippen LogP contribution in [0.5, 0.6) is 0 Å². The number of nitrogens with zero attached hydrogens (tertiary/aromatic N) is 1. The first kappa shape index (κ1) is 14.7. The number of fused-ring (bicyclic) bond motifs is 1. The number of hydrogen-bond donors (Lipinski definition) is 1. The van der Waals surface area contributed by atoms with Crippen LogP contribution in [-0.2, 0) is 16.7 Å². The van der Waals surface area contributed by atoms with Gasteiger partial charge in [0, 0.05) is 6.07 Å². The van der Waals surface area contributed by atoms with Gasteiger partial charge in [0.05, 0.1) is 6.92 Å². The summed E-state index contributed by atoms with van der Waals surface area (Å²) in [6.07, 6.45) is 0. The first-order chi connectivity index (χ1) is 10.4. The van der Waals surface area contributed by atoms with Crippen LogP contribution in [0.4, 0.5) is 0 Å². The standard InChI is InChI=1S/C16H15NO4S/c1-12-17(9-10-22(18,19)20)15-11-14(7-8-16(15)21-12)13-5-3-2-4-6-13/h2-8,11H,9-10H2,1H3/p+1. The van der Waals surface area contributed by atoms with Gasteiger partial charge in [-0.2, -0.15) is 13.0 Å². The summed E-state index contributed by atoms with van der Waals surface area (Å²) in [5, 5.41) is 0. The van der Waals surface area contributed by atoms with Gasteiger partial charge < -0.3 is 4.42 Å². The largest absolute Gasteiger partial charge is 0.402 e. The van der Waals surface area contributed by atoms with Gasteiger partial charge in [-0.3, -0.25) is 4.55 Å². The lowest BCUT2D eigenvalue weighted by Gasteiger charge is -2.00. The Morgan fingerprint density at radius 2 is 1.82 bits per heavy atom. The van der Waals surface area contributed by atoms with Crippen LogP contribution in [0.1, 0.15) is 5.89 Å². The molecule has 1 N–H and O–H groups in total. The van der Waals surface area contributed by atoms with Gasteiger partial charge in [0.15, 0.2) is 6.54 Å². The first-order valence-corrected chi connectivity index (χ1v) is 8.48. The van der Waals surface area contributed by atoms with E-state index < -0.39 is 10.1 Å². The molecule has 0 amide bonds. The molecule has 22 heavy (non-hydrogen) atoms. The second-order valence-corrected chi connectivity index (χ2v) is 6.68. The molecule has 0 aliphatic rings. The quantitative estimate of drug-likeness (QED) is 0.593. The van der Waals surface area contributed by atoms with Gasteiger partial charge >= 0.3 is 5.89 Å². The third-order valence-corrected chi connectivity index (χ3v) is 4.27. The molecular formula is C16H16NO4S+. The van der Waals surface area contributed by atoms with Gasteiger partial charge in [-0.15, -0.1) is 0 Å². The Morgan fingerprint density at radius 3 is 2.50 bits per heavy atom. The van der Waals surface area contributed by atoms with Crippen LogP contribution in [0.25, 0.3) is 22.2 Å². The third-order valence-electron chi connectivity index (χ3n) is 3.57. The van der Waals surface area contributed by atoms with Crippen molar-refractivity contribution in [1.29, 1.82) is 0 Å². The van der Waals surface area contributed by atoms with Crippen molar-refractivity contribution >= 4 is 21.2 Å². The van der Waals surface area contributed by atoms with Crippen LogP contribution in [0, 0.1) is 6.92 Å². The Bertz CT molecular complexity index is 914. The summed E-state index contributed by atoms with van der Waals surface area (Å²) in [5.41, 5.74) is 3.59. The van der Waals surface area contributed by atoms with E-state index >= 15 is 0 Å². The number of benzene rings is 2. The van der Waals surface area contributed by atoms with E-state index in [2.05, 4.69) is 0 Å². The molecule has 0 fully saturated rings. The highest BCUT2D eigenvalue weighted by Gasteiger charge is 2.21. The SMILES string of the molecule is Cc1oc2ccc(-c3ccccc3)cc2[n+]1CCS(=O)(=O)O. The fourth-order valence-corrected chi connectivity index (χ4v) is 2.91. The topological polar surface area (TPSA) is 71.4 Å². The van der Waals surface area contributed by atoms with E-state index in [1.165, 1.54) is 0 Å². The van der Waals surface area contributed by atoms with Crippen molar-refractivity contribution in [2.45, 2.75) is 13.5 Å². The highest BCUT2D eigenvalue weighted by Crippen LogP contribution is 2.23. The van der Waals surface area contributed by atoms with Crippen LogP contribution in [0.2, 0.25) is 0 Å². The van der Waals surface area contributed by atoms with E-state index in [4.69, 9.17) is 8.97 Å². The summed E-state index contributed by atoms with van der Waals surface area (Å²) in [4.78, 5) is 0. The minimum Gasteiger partial charge on any atom is -0.402 e. The molecule has 0 bridgehead atoms. The molecule has 1 heterocycles. The van der Waals surface area contributed by atoms with E-state index in [9.17, 15) is 8.42 Å². The molecule has 0 atom stereocenters. The molecule has 0 radical (unpaired) electrons. The predicted molar refractivity (Wildman–Crippen MR) is 83.0 cm³/mol. The zero-order chi connectivity index (χ0) is 15.7. The molecule has 1 aromatic heterocycles. The van der Waals surface area contributed by atoms with E-state index in [1.54, 1.807) is 11.5 Å². The molecule has 3 aromatic rings. The summed E-state index contributed by atoms with van der Waals surface area (Å²) in [6, 6.07) is 15.7. The Kier molecular flexibility index (Phi) is 3.72. The molecule has 5 nitrogen and oxygen atoms in total. The predicted octanol–water partition coefficient (Wildman–Crippen LogP) is 2.58. The van der Waals surface area contributed by atoms with Crippen molar-refractivity contribution in [3.8, 4) is 11.1 Å². The smallest absolute Gasteiger partial charge is 0.344 e. The van der Waals surface area contributed by atoms with Gasteiger partial charge in [0.25, 0.3) is 15.6 Å². The Balaban J connectivity index is 2.07. The monoisotopic (exact) mass is 318 g/mol. The summed E-state index contributed by atoms with van der Waals surface area (Å²) < 4.78 is 38.3. The molecule has 114 valence electrons. The van der Waals surface area contributed by atoms with Crippen molar-refractivity contribution in [3.63, 3.8) is 0 Å². The zero-order valence-corrected chi connectivity index (χ0v) is 12.9. The number of rotatable bonds is 4. The number of hydrogen-bond acceptors (Lipinski definition) is 3. The minimum atomic E-state index is -4.01. The van der Waals surface area contributed by atoms with Crippen LogP contribution in [0.15, 0.2) is 52.9 Å². The number of aromatic nitrogens is 1. The van der Waals surface area contributed by atoms with E-state index in [-0.39, 0.29) is 12.3 Å². The lowest BCUT2D eigenvalue weighted by molar-refractivity contribution is -0.678. The van der Waals surface area contributed by atoms with Gasteiger partial charge in [0.1, 0.15) is 5.75 Å². The first-order valence-electron chi connectivity index (χ1n) is 6.87. The Morgan fingerprint density at radius 1 is 1.09 bits per heavy atom. The van der Waals surface area contributed by atoms with Gasteiger partial charge in [0.2, 0.25) is 5.58 Å². The van der Waals surface area contributed by atoms with Crippen LogP contribution in [0.3, 0.4) is 0 Å². The summed E-state index contributed by atoms with van der Waals surface area (Å²) in [5.74, 6) is 0.256. The van der Waals surface area contributed by atoms with Gasteiger partial charge in [-0.05, 0) is 17.2 Å². The maximum absolute atomic E-state index is 11.0. The Labute approximate surface area is 128 Å². The maximum atomic E-state index is 11.0. The maximum Gasteiger partial charge on any atom is 0.344 e. The van der Waals surface area contributed by atoms with Crippen molar-refractivity contribution < 1.29 is 22.0 Å². The van der Waals surface area contributed by atoms with Gasteiger partial charge in [-0.25, -0.2) is 0 Å². The van der Waals surface area contributed by atoms with E-state index in [1.807, 2.05) is 48.5 Å². The van der Waals surface area contributed by atoms with Crippen molar-refractivity contribution in [2.75, 3.05) is 5.75 Å². The fourth-order valence-electron chi connectivity index (χ4n) is 2.49. The average molecular weight is 318 g/mol. The summed E-state index contributed by atoms with van der Waals surface area (Å²) >= 11 is 0. The number of oxazole rings is 1. The van der Waals surface area contributed by atoms with Crippen LogP contribution in [-0.4, -0.2) is 18.7 Å². The molecular weight excluding hydrogens is 302 g/mol. The molecule has 2 aromatic carbocycles. The normalized spacial score (nSPS) is 11.9. The third kappa shape index (κ3) is 3.03. The molecule has 0 saturated heterocycles. The fraction of sp³-hybridized carbons (Fsp3) is 0.188. The Hall–Kier alpha value is -2.18. The molecule has 0 spiro atoms. The molecule has 3 rings (SSSR count). The molecule has 0 aliphatic heterocycles. The molecule has 0 aliphatic carbocycles. The molecule has 0 unspecified atom stereocenters. The van der Waals surface area contributed by atoms with Crippen molar-refractivity contribution in [2.24, 2.45) is 0 Å². The molecule has 0 saturated carbocycles. The lowest BCUT2D eigenvalue weighted by Crippen LogP contribution is -2.38. The summed E-state index contributed by atoms with van der Waals surface area (Å²) in [7, 11) is -4.01. The van der Waals surface area contributed by atoms with Crippen LogP contribution < -0.4 is 4.57 Å². The second kappa shape index (κ2) is 5.55. The zero-order valence-electron chi connectivity index (χ0n) is 12.1.